The Morgan fingerprint density at radius 3 is 2.69 bits per heavy atom. The van der Waals surface area contributed by atoms with E-state index in [1.807, 2.05) is 0 Å². The number of nitrogens with one attached hydrogen (secondary N) is 1. The van der Waals surface area contributed by atoms with Crippen LogP contribution < -0.4 is 5.32 Å². The Balaban J connectivity index is 2.42. The number of hydrogen-bond acceptors (Lipinski definition) is 3. The summed E-state index contributed by atoms with van der Waals surface area (Å²) in [5, 5.41) is 3.61. The average Bonchev–Trinajstić information content (AvgIpc) is 2.30. The van der Waals surface area contributed by atoms with Gasteiger partial charge in [0.1, 0.15) is 0 Å². The molecule has 0 aromatic heterocycles. The van der Waals surface area contributed by atoms with Crippen LogP contribution in [0.25, 0.3) is 0 Å². The topological polar surface area (TPSA) is 18.5 Å². The predicted octanol–water partition coefficient (Wildman–Crippen LogP) is 1.40. The van der Waals surface area contributed by atoms with Gasteiger partial charge in [-0.25, -0.2) is 0 Å². The highest BCUT2D eigenvalue weighted by atomic mass is 15.2. The Hall–Kier alpha value is -0.120. The summed E-state index contributed by atoms with van der Waals surface area (Å²) in [6.07, 6.45) is 2.54. The molecule has 3 nitrogen and oxygen atoms in total. The molecule has 1 atom stereocenters. The molecule has 1 saturated heterocycles. The first kappa shape index (κ1) is 13.9. The second-order valence-electron chi connectivity index (χ2n) is 6.03. The summed E-state index contributed by atoms with van der Waals surface area (Å²) in [4.78, 5) is 4.92. The highest BCUT2D eigenvalue weighted by Gasteiger charge is 2.29. The lowest BCUT2D eigenvalue weighted by atomic mass is 10.0. The standard InChI is InChI=1S/C13H29N3/c1-12-7-10-16(9-6-8-15(4)5)13(2,3)11-14-12/h12,14H,6-11H2,1-5H3. The van der Waals surface area contributed by atoms with Crippen molar-refractivity contribution in [2.24, 2.45) is 0 Å². The normalized spacial score (nSPS) is 27.0. The van der Waals surface area contributed by atoms with Gasteiger partial charge in [0.15, 0.2) is 0 Å². The van der Waals surface area contributed by atoms with Gasteiger partial charge in [-0.1, -0.05) is 0 Å². The molecule has 96 valence electrons. The van der Waals surface area contributed by atoms with Crippen LogP contribution in [0, 0.1) is 0 Å². The molecule has 0 aromatic carbocycles. The van der Waals surface area contributed by atoms with Crippen LogP contribution in [0.4, 0.5) is 0 Å². The Bertz CT molecular complexity index is 201. The Morgan fingerprint density at radius 2 is 2.06 bits per heavy atom. The van der Waals surface area contributed by atoms with Crippen LogP contribution in [0.5, 0.6) is 0 Å². The maximum absolute atomic E-state index is 3.61. The molecular formula is C13H29N3. The first-order valence-electron chi connectivity index (χ1n) is 6.55. The first-order chi connectivity index (χ1) is 7.42. The lowest BCUT2D eigenvalue weighted by molar-refractivity contribution is 0.128. The van der Waals surface area contributed by atoms with Crippen molar-refractivity contribution in [3.05, 3.63) is 0 Å². The van der Waals surface area contributed by atoms with Crippen molar-refractivity contribution in [3.63, 3.8) is 0 Å². The summed E-state index contributed by atoms with van der Waals surface area (Å²) >= 11 is 0. The smallest absolute Gasteiger partial charge is 0.0277 e. The molecule has 0 saturated carbocycles. The average molecular weight is 227 g/mol. The van der Waals surface area contributed by atoms with Crippen molar-refractivity contribution in [1.29, 1.82) is 0 Å². The van der Waals surface area contributed by atoms with E-state index < -0.39 is 0 Å². The molecule has 1 N–H and O–H groups in total. The van der Waals surface area contributed by atoms with E-state index in [-0.39, 0.29) is 0 Å². The van der Waals surface area contributed by atoms with Crippen molar-refractivity contribution < 1.29 is 0 Å². The Morgan fingerprint density at radius 1 is 1.38 bits per heavy atom. The summed E-state index contributed by atoms with van der Waals surface area (Å²) in [7, 11) is 4.30. The lowest BCUT2D eigenvalue weighted by Gasteiger charge is -2.37. The highest BCUT2D eigenvalue weighted by Crippen LogP contribution is 2.18. The maximum atomic E-state index is 3.61. The summed E-state index contributed by atoms with van der Waals surface area (Å²) < 4.78 is 0. The van der Waals surface area contributed by atoms with Gasteiger partial charge in [-0.15, -0.1) is 0 Å². The van der Waals surface area contributed by atoms with Crippen molar-refractivity contribution in [2.45, 2.75) is 45.2 Å². The van der Waals surface area contributed by atoms with Gasteiger partial charge in [0.25, 0.3) is 0 Å². The molecule has 16 heavy (non-hydrogen) atoms. The summed E-state index contributed by atoms with van der Waals surface area (Å²) in [5.41, 5.74) is 0.303. The quantitative estimate of drug-likeness (QED) is 0.783. The molecular weight excluding hydrogens is 198 g/mol. The second kappa shape index (κ2) is 5.99. The molecule has 1 unspecified atom stereocenters. The van der Waals surface area contributed by atoms with Gasteiger partial charge in [0.05, 0.1) is 0 Å². The van der Waals surface area contributed by atoms with Gasteiger partial charge in [-0.3, -0.25) is 4.90 Å². The Labute approximate surface area is 101 Å². The summed E-state index contributed by atoms with van der Waals surface area (Å²) in [6.45, 7) is 11.8. The van der Waals surface area contributed by atoms with E-state index in [1.54, 1.807) is 0 Å². The molecule has 3 heteroatoms. The molecule has 1 heterocycles. The molecule has 1 rings (SSSR count). The minimum Gasteiger partial charge on any atom is -0.312 e. The third-order valence-corrected chi connectivity index (χ3v) is 3.60. The predicted molar refractivity (Wildman–Crippen MR) is 70.9 cm³/mol. The largest absolute Gasteiger partial charge is 0.312 e. The van der Waals surface area contributed by atoms with E-state index in [0.29, 0.717) is 11.6 Å². The molecule has 0 radical (unpaired) electrons. The van der Waals surface area contributed by atoms with Crippen molar-refractivity contribution in [3.8, 4) is 0 Å². The number of nitrogens with zero attached hydrogens (tertiary/aromatic N) is 2. The van der Waals surface area contributed by atoms with Gasteiger partial charge in [-0.2, -0.15) is 0 Å². The first-order valence-corrected chi connectivity index (χ1v) is 6.55. The second-order valence-corrected chi connectivity index (χ2v) is 6.03. The molecule has 0 amide bonds. The molecule has 0 aliphatic carbocycles. The van der Waals surface area contributed by atoms with E-state index in [9.17, 15) is 0 Å². The van der Waals surface area contributed by atoms with E-state index in [1.165, 1.54) is 32.5 Å². The zero-order chi connectivity index (χ0) is 12.2. The van der Waals surface area contributed by atoms with Crippen LogP contribution in [0.2, 0.25) is 0 Å². The number of hydrogen-bond donors (Lipinski definition) is 1. The minimum absolute atomic E-state index is 0.303. The van der Waals surface area contributed by atoms with Crippen LogP contribution in [0.15, 0.2) is 0 Å². The van der Waals surface area contributed by atoms with Crippen LogP contribution in [-0.4, -0.2) is 61.7 Å². The minimum atomic E-state index is 0.303. The third-order valence-electron chi connectivity index (χ3n) is 3.60. The molecule has 1 fully saturated rings. The van der Waals surface area contributed by atoms with Crippen LogP contribution in [0.3, 0.4) is 0 Å². The van der Waals surface area contributed by atoms with Crippen molar-refractivity contribution in [2.75, 3.05) is 40.3 Å². The SMILES string of the molecule is CC1CCN(CCCN(C)C)C(C)(C)CN1. The highest BCUT2D eigenvalue weighted by molar-refractivity contribution is 4.88. The molecule has 1 aliphatic rings. The molecule has 0 bridgehead atoms. The monoisotopic (exact) mass is 227 g/mol. The lowest BCUT2D eigenvalue weighted by Crippen LogP contribution is -2.49. The van der Waals surface area contributed by atoms with Crippen LogP contribution in [-0.2, 0) is 0 Å². The third kappa shape index (κ3) is 4.40. The fraction of sp³-hybridized carbons (Fsp3) is 1.00. The zero-order valence-corrected chi connectivity index (χ0v) is 11.7. The summed E-state index contributed by atoms with van der Waals surface area (Å²) in [6, 6.07) is 0.665. The maximum Gasteiger partial charge on any atom is 0.0277 e. The van der Waals surface area contributed by atoms with Gasteiger partial charge in [-0.05, 0) is 60.8 Å². The van der Waals surface area contributed by atoms with Gasteiger partial charge >= 0.3 is 0 Å². The number of rotatable bonds is 4. The van der Waals surface area contributed by atoms with E-state index in [0.717, 1.165) is 6.54 Å². The fourth-order valence-corrected chi connectivity index (χ4v) is 2.28. The van der Waals surface area contributed by atoms with Gasteiger partial charge < -0.3 is 10.2 Å². The Kier molecular flexibility index (Phi) is 5.22. The molecule has 0 spiro atoms. The molecule has 1 aliphatic heterocycles. The van der Waals surface area contributed by atoms with Crippen LogP contribution >= 0.6 is 0 Å². The zero-order valence-electron chi connectivity index (χ0n) is 11.7. The van der Waals surface area contributed by atoms with Gasteiger partial charge in [0.2, 0.25) is 0 Å². The van der Waals surface area contributed by atoms with Crippen molar-refractivity contribution in [1.82, 2.24) is 15.1 Å². The fourth-order valence-electron chi connectivity index (χ4n) is 2.28. The van der Waals surface area contributed by atoms with Crippen molar-refractivity contribution >= 4 is 0 Å². The van der Waals surface area contributed by atoms with E-state index in [4.69, 9.17) is 0 Å². The van der Waals surface area contributed by atoms with E-state index >= 15 is 0 Å². The van der Waals surface area contributed by atoms with Gasteiger partial charge in [0, 0.05) is 24.7 Å². The summed E-state index contributed by atoms with van der Waals surface area (Å²) in [5.74, 6) is 0. The van der Waals surface area contributed by atoms with E-state index in [2.05, 4.69) is 50.0 Å². The van der Waals surface area contributed by atoms with Crippen LogP contribution in [0.1, 0.15) is 33.6 Å². The molecule has 0 aromatic rings.